The van der Waals surface area contributed by atoms with Crippen LogP contribution >= 0.6 is 0 Å². The van der Waals surface area contributed by atoms with Crippen molar-refractivity contribution >= 4 is 25.8 Å². The van der Waals surface area contributed by atoms with E-state index in [0.29, 0.717) is 29.9 Å². The number of methoxy groups -OCH3 is 1. The fourth-order valence-electron chi connectivity index (χ4n) is 4.42. The second-order valence-corrected chi connectivity index (χ2v) is 13.1. The summed E-state index contributed by atoms with van der Waals surface area (Å²) < 4.78 is 57.0. The molecule has 0 radical (unpaired) electrons. The number of sulfone groups is 1. The summed E-state index contributed by atoms with van der Waals surface area (Å²) in [6.07, 6.45) is 4.31. The van der Waals surface area contributed by atoms with E-state index in [0.717, 1.165) is 25.5 Å². The second kappa shape index (κ2) is 11.7. The van der Waals surface area contributed by atoms with Gasteiger partial charge in [0.15, 0.2) is 9.84 Å². The van der Waals surface area contributed by atoms with E-state index in [-0.39, 0.29) is 16.3 Å². The second-order valence-electron chi connectivity index (χ2n) is 9.32. The Kier molecular flexibility index (Phi) is 9.15. The van der Waals surface area contributed by atoms with Gasteiger partial charge in [0, 0.05) is 37.0 Å². The number of ether oxygens (including phenoxy) is 1. The highest BCUT2D eigenvalue weighted by Crippen LogP contribution is 2.23. The molecule has 0 unspecified atom stereocenters. The molecular formula is C25H35N3O6S2. The molecule has 3 atom stereocenters. The fourth-order valence-corrected chi connectivity index (χ4v) is 6.13. The van der Waals surface area contributed by atoms with Gasteiger partial charge in [0.05, 0.1) is 22.9 Å². The van der Waals surface area contributed by atoms with Crippen LogP contribution in [0.25, 0.3) is 0 Å². The molecule has 11 heteroatoms. The molecule has 0 bridgehead atoms. The van der Waals surface area contributed by atoms with Crippen molar-refractivity contribution in [3.63, 3.8) is 0 Å². The minimum Gasteiger partial charge on any atom is -0.497 e. The van der Waals surface area contributed by atoms with Crippen molar-refractivity contribution in [2.24, 2.45) is 0 Å². The van der Waals surface area contributed by atoms with E-state index in [1.54, 1.807) is 12.1 Å². The monoisotopic (exact) mass is 537 g/mol. The molecule has 9 nitrogen and oxygen atoms in total. The van der Waals surface area contributed by atoms with Gasteiger partial charge in [-0.05, 0) is 75.2 Å². The van der Waals surface area contributed by atoms with Crippen LogP contribution in [0.15, 0.2) is 58.3 Å². The lowest BCUT2D eigenvalue weighted by atomic mass is 9.97. The Morgan fingerprint density at radius 3 is 2.06 bits per heavy atom. The third-order valence-corrected chi connectivity index (χ3v) is 9.14. The average molecular weight is 538 g/mol. The van der Waals surface area contributed by atoms with Crippen molar-refractivity contribution in [1.29, 1.82) is 0 Å². The topological polar surface area (TPSA) is 122 Å². The van der Waals surface area contributed by atoms with Gasteiger partial charge in [0.25, 0.3) is 5.91 Å². The molecule has 36 heavy (non-hydrogen) atoms. The summed E-state index contributed by atoms with van der Waals surface area (Å²) in [6.45, 7) is 4.75. The molecule has 2 aromatic carbocycles. The zero-order valence-corrected chi connectivity index (χ0v) is 22.7. The third kappa shape index (κ3) is 7.28. The van der Waals surface area contributed by atoms with Crippen LogP contribution in [0.1, 0.15) is 43.5 Å². The molecule has 2 N–H and O–H groups in total. The molecule has 0 spiro atoms. The van der Waals surface area contributed by atoms with E-state index < -0.39 is 31.8 Å². The SMILES string of the molecule is COc1ccc(S(=O)(=O)NC[C@@H](CN2[C@H](C)CCC[C@@H]2C)NC(=O)c2ccc(S(C)(=O)=O)cc2)cc1. The Hall–Kier alpha value is -2.47. The molecule has 198 valence electrons. The smallest absolute Gasteiger partial charge is 0.251 e. The van der Waals surface area contributed by atoms with Crippen LogP contribution in [0.5, 0.6) is 5.75 Å². The van der Waals surface area contributed by atoms with Crippen molar-refractivity contribution in [2.75, 3.05) is 26.5 Å². The highest BCUT2D eigenvalue weighted by atomic mass is 32.2. The Balaban J connectivity index is 1.77. The molecular weight excluding hydrogens is 502 g/mol. The summed E-state index contributed by atoms with van der Waals surface area (Å²) in [5.74, 6) is 0.148. The molecule has 0 aliphatic carbocycles. The van der Waals surface area contributed by atoms with Crippen LogP contribution in [0.4, 0.5) is 0 Å². The van der Waals surface area contributed by atoms with Crippen LogP contribution in [0.2, 0.25) is 0 Å². The summed E-state index contributed by atoms with van der Waals surface area (Å²) in [4.78, 5) is 15.5. The molecule has 2 aromatic rings. The van der Waals surface area contributed by atoms with Crippen molar-refractivity contribution in [2.45, 2.75) is 61.0 Å². The molecule has 1 aliphatic heterocycles. The van der Waals surface area contributed by atoms with Gasteiger partial charge in [-0.3, -0.25) is 9.69 Å². The Morgan fingerprint density at radius 2 is 1.53 bits per heavy atom. The Morgan fingerprint density at radius 1 is 0.972 bits per heavy atom. The molecule has 0 saturated carbocycles. The number of amides is 1. The number of hydrogen-bond acceptors (Lipinski definition) is 7. The zero-order valence-electron chi connectivity index (χ0n) is 21.1. The number of nitrogens with zero attached hydrogens (tertiary/aromatic N) is 1. The third-order valence-electron chi connectivity index (χ3n) is 6.58. The first kappa shape index (κ1) is 28.1. The standard InChI is InChI=1S/C25H35N3O6S2/c1-18-6-5-7-19(2)28(18)17-21(16-26-36(32,33)24-14-10-22(34-3)11-15-24)27-25(29)20-8-12-23(13-9-20)35(4,30)31/h8-15,18-19,21,26H,5-7,16-17H2,1-4H3,(H,27,29)/t18-,19+,21-/m0/s1. The van der Waals surface area contributed by atoms with Crippen LogP contribution in [-0.2, 0) is 19.9 Å². The quantitative estimate of drug-likeness (QED) is 0.477. The number of sulfonamides is 1. The van der Waals surface area contributed by atoms with Gasteiger partial charge < -0.3 is 10.1 Å². The van der Waals surface area contributed by atoms with E-state index in [4.69, 9.17) is 4.74 Å². The van der Waals surface area contributed by atoms with Gasteiger partial charge in [-0.2, -0.15) is 0 Å². The lowest BCUT2D eigenvalue weighted by Crippen LogP contribution is -2.54. The van der Waals surface area contributed by atoms with E-state index in [1.807, 2.05) is 0 Å². The van der Waals surface area contributed by atoms with Crippen molar-refractivity contribution in [3.8, 4) is 5.75 Å². The van der Waals surface area contributed by atoms with Crippen molar-refractivity contribution < 1.29 is 26.4 Å². The molecule has 1 aliphatic rings. The van der Waals surface area contributed by atoms with Gasteiger partial charge >= 0.3 is 0 Å². The molecule has 1 fully saturated rings. The van der Waals surface area contributed by atoms with E-state index in [2.05, 4.69) is 28.8 Å². The van der Waals surface area contributed by atoms with Gasteiger partial charge in [0.1, 0.15) is 5.75 Å². The maximum Gasteiger partial charge on any atom is 0.251 e. The van der Waals surface area contributed by atoms with E-state index in [9.17, 15) is 21.6 Å². The van der Waals surface area contributed by atoms with Crippen LogP contribution in [-0.4, -0.2) is 72.2 Å². The largest absolute Gasteiger partial charge is 0.497 e. The Labute approximate surface area is 214 Å². The first-order valence-corrected chi connectivity index (χ1v) is 15.3. The number of rotatable bonds is 10. The molecule has 1 heterocycles. The van der Waals surface area contributed by atoms with Crippen LogP contribution in [0.3, 0.4) is 0 Å². The summed E-state index contributed by atoms with van der Waals surface area (Å²) in [7, 11) is -5.68. The molecule has 1 amide bonds. The zero-order chi connectivity index (χ0) is 26.5. The number of likely N-dealkylation sites (tertiary alicyclic amines) is 1. The normalized spacial score (nSPS) is 20.0. The summed E-state index contributed by atoms with van der Waals surface area (Å²) >= 11 is 0. The van der Waals surface area contributed by atoms with Gasteiger partial charge in [0.2, 0.25) is 10.0 Å². The van der Waals surface area contributed by atoms with E-state index in [1.165, 1.54) is 43.5 Å². The first-order valence-electron chi connectivity index (χ1n) is 11.9. The molecule has 1 saturated heterocycles. The lowest BCUT2D eigenvalue weighted by Gasteiger charge is -2.41. The lowest BCUT2D eigenvalue weighted by molar-refractivity contribution is 0.0799. The summed E-state index contributed by atoms with van der Waals surface area (Å²) in [6, 6.07) is 11.9. The minimum absolute atomic E-state index is 0.00251. The Bertz CT molecular complexity index is 1240. The number of benzene rings is 2. The van der Waals surface area contributed by atoms with E-state index >= 15 is 0 Å². The van der Waals surface area contributed by atoms with Gasteiger partial charge in [-0.25, -0.2) is 21.6 Å². The number of carbonyl (C=O) groups is 1. The summed E-state index contributed by atoms with van der Waals surface area (Å²) in [5.41, 5.74) is 0.296. The van der Waals surface area contributed by atoms with Crippen molar-refractivity contribution in [3.05, 3.63) is 54.1 Å². The maximum absolute atomic E-state index is 13.0. The molecule has 0 aromatic heterocycles. The summed E-state index contributed by atoms with van der Waals surface area (Å²) in [5, 5.41) is 2.95. The van der Waals surface area contributed by atoms with Crippen molar-refractivity contribution in [1.82, 2.24) is 14.9 Å². The van der Waals surface area contributed by atoms with Gasteiger partial charge in [-0.1, -0.05) is 6.42 Å². The predicted molar refractivity (Wildman–Crippen MR) is 138 cm³/mol. The first-order chi connectivity index (χ1) is 16.9. The highest BCUT2D eigenvalue weighted by molar-refractivity contribution is 7.90. The molecule has 3 rings (SSSR count). The number of hydrogen-bond donors (Lipinski definition) is 2. The van der Waals surface area contributed by atoms with Gasteiger partial charge in [-0.15, -0.1) is 0 Å². The van der Waals surface area contributed by atoms with Crippen LogP contribution < -0.4 is 14.8 Å². The maximum atomic E-state index is 13.0. The fraction of sp³-hybridized carbons (Fsp3) is 0.480. The predicted octanol–water partition coefficient (Wildman–Crippen LogP) is 2.44. The average Bonchev–Trinajstić information content (AvgIpc) is 2.84. The number of piperidine rings is 1. The minimum atomic E-state index is -3.81. The number of carbonyl (C=O) groups excluding carboxylic acids is 1. The van der Waals surface area contributed by atoms with Crippen LogP contribution in [0, 0.1) is 0 Å². The number of nitrogens with one attached hydrogen (secondary N) is 2. The highest BCUT2D eigenvalue weighted by Gasteiger charge is 2.29.